The molecule has 2 aromatic heterocycles. The molecular weight excluding hydrogens is 398 g/mol. The van der Waals surface area contributed by atoms with Gasteiger partial charge in [-0.2, -0.15) is 0 Å². The van der Waals surface area contributed by atoms with Gasteiger partial charge in [0.2, 0.25) is 5.91 Å². The second-order valence-electron chi connectivity index (χ2n) is 8.16. The first-order chi connectivity index (χ1) is 15.5. The van der Waals surface area contributed by atoms with Crippen molar-refractivity contribution in [1.29, 1.82) is 0 Å². The van der Waals surface area contributed by atoms with Gasteiger partial charge in [0.1, 0.15) is 11.4 Å². The van der Waals surface area contributed by atoms with Crippen molar-refractivity contribution in [2.24, 2.45) is 0 Å². The van der Waals surface area contributed by atoms with E-state index in [9.17, 15) is 4.79 Å². The molecule has 164 valence electrons. The van der Waals surface area contributed by atoms with Crippen LogP contribution in [0.15, 0.2) is 60.8 Å². The van der Waals surface area contributed by atoms with E-state index in [-0.39, 0.29) is 12.3 Å². The Hall–Kier alpha value is -3.60. The second-order valence-corrected chi connectivity index (χ2v) is 8.16. The van der Waals surface area contributed by atoms with Crippen molar-refractivity contribution < 1.29 is 9.53 Å². The summed E-state index contributed by atoms with van der Waals surface area (Å²) in [6, 6.07) is 17.9. The molecule has 0 saturated carbocycles. The largest absolute Gasteiger partial charge is 0.491 e. The van der Waals surface area contributed by atoms with Crippen molar-refractivity contribution in [3.63, 3.8) is 0 Å². The van der Waals surface area contributed by atoms with E-state index < -0.39 is 0 Å². The summed E-state index contributed by atoms with van der Waals surface area (Å²) in [6.07, 6.45) is 3.08. The third-order valence-corrected chi connectivity index (χ3v) is 5.68. The maximum absolute atomic E-state index is 13.1. The zero-order chi connectivity index (χ0) is 22.7. The number of benzene rings is 2. The number of aryl methyl sites for hydroxylation is 3. The van der Waals surface area contributed by atoms with E-state index in [4.69, 9.17) is 9.72 Å². The third kappa shape index (κ3) is 4.37. The summed E-state index contributed by atoms with van der Waals surface area (Å²) in [4.78, 5) is 18.1. The van der Waals surface area contributed by atoms with Gasteiger partial charge in [-0.25, -0.2) is 4.98 Å². The van der Waals surface area contributed by atoms with Gasteiger partial charge in [0, 0.05) is 11.8 Å². The number of anilines is 1. The zero-order valence-electron chi connectivity index (χ0n) is 19.1. The third-order valence-electron chi connectivity index (χ3n) is 5.68. The number of carbonyl (C=O) groups is 1. The first-order valence-electron chi connectivity index (χ1n) is 11.0. The molecule has 1 N–H and O–H groups in total. The SMILES string of the molecule is CCCOc1ccccc1NC(=O)Cc1c(-c2ccc(C)c(C)c2)nc2c(C)cccn12. The Morgan fingerprint density at radius 1 is 1.00 bits per heavy atom. The van der Waals surface area contributed by atoms with E-state index in [0.29, 0.717) is 18.0 Å². The summed E-state index contributed by atoms with van der Waals surface area (Å²) in [5.74, 6) is 0.581. The number of ether oxygens (including phenoxy) is 1. The first-order valence-corrected chi connectivity index (χ1v) is 11.0. The van der Waals surface area contributed by atoms with Crippen molar-refractivity contribution in [2.45, 2.75) is 40.5 Å². The number of hydrogen-bond donors (Lipinski definition) is 1. The molecule has 5 nitrogen and oxygen atoms in total. The molecule has 4 rings (SSSR count). The summed E-state index contributed by atoms with van der Waals surface area (Å²) < 4.78 is 7.82. The standard InChI is InChI=1S/C27H29N3O2/c1-5-15-32-24-11-7-6-10-22(24)28-25(31)17-23-26(21-13-12-18(2)20(4)16-21)29-27-19(3)9-8-14-30(23)27/h6-14,16H,5,15,17H2,1-4H3,(H,28,31). The molecule has 0 aliphatic heterocycles. The normalized spacial score (nSPS) is 11.0. The molecule has 0 aliphatic rings. The van der Waals surface area contributed by atoms with Crippen LogP contribution in [-0.2, 0) is 11.2 Å². The number of hydrogen-bond acceptors (Lipinski definition) is 3. The quantitative estimate of drug-likeness (QED) is 0.400. The molecule has 5 heteroatoms. The van der Waals surface area contributed by atoms with E-state index in [2.05, 4.69) is 44.3 Å². The fourth-order valence-corrected chi connectivity index (χ4v) is 3.80. The summed E-state index contributed by atoms with van der Waals surface area (Å²) in [5, 5.41) is 3.03. The minimum atomic E-state index is -0.106. The van der Waals surface area contributed by atoms with Crippen molar-refractivity contribution in [2.75, 3.05) is 11.9 Å². The van der Waals surface area contributed by atoms with Gasteiger partial charge in [0.05, 0.1) is 30.1 Å². The topological polar surface area (TPSA) is 55.6 Å². The van der Waals surface area contributed by atoms with Crippen LogP contribution in [0.4, 0.5) is 5.69 Å². The van der Waals surface area contributed by atoms with Crippen LogP contribution in [-0.4, -0.2) is 21.9 Å². The molecule has 1 amide bonds. The van der Waals surface area contributed by atoms with E-state index in [1.54, 1.807) is 0 Å². The van der Waals surface area contributed by atoms with E-state index in [0.717, 1.165) is 34.6 Å². The van der Waals surface area contributed by atoms with Crippen LogP contribution in [0.2, 0.25) is 0 Å². The molecule has 0 unspecified atom stereocenters. The Labute approximate surface area is 189 Å². The monoisotopic (exact) mass is 427 g/mol. The Kier molecular flexibility index (Phi) is 6.26. The second kappa shape index (κ2) is 9.27. The van der Waals surface area contributed by atoms with Crippen LogP contribution in [0.3, 0.4) is 0 Å². The lowest BCUT2D eigenvalue weighted by molar-refractivity contribution is -0.115. The van der Waals surface area contributed by atoms with E-state index >= 15 is 0 Å². The van der Waals surface area contributed by atoms with Crippen LogP contribution in [0.25, 0.3) is 16.9 Å². The fraction of sp³-hybridized carbons (Fsp3) is 0.259. The van der Waals surface area contributed by atoms with Gasteiger partial charge in [-0.1, -0.05) is 37.3 Å². The van der Waals surface area contributed by atoms with Crippen LogP contribution >= 0.6 is 0 Å². The summed E-state index contributed by atoms with van der Waals surface area (Å²) in [6.45, 7) is 8.90. The molecule has 0 fully saturated rings. The fourth-order valence-electron chi connectivity index (χ4n) is 3.80. The summed E-state index contributed by atoms with van der Waals surface area (Å²) >= 11 is 0. The number of pyridine rings is 1. The van der Waals surface area contributed by atoms with Gasteiger partial charge in [0.15, 0.2) is 0 Å². The molecule has 0 atom stereocenters. The summed E-state index contributed by atoms with van der Waals surface area (Å²) in [5.41, 5.74) is 7.79. The number of rotatable bonds is 7. The average Bonchev–Trinajstić information content (AvgIpc) is 3.14. The predicted octanol–water partition coefficient (Wildman–Crippen LogP) is 5.90. The Balaban J connectivity index is 1.70. The molecule has 0 saturated heterocycles. The molecule has 0 radical (unpaired) electrons. The number of carbonyl (C=O) groups excluding carboxylic acids is 1. The molecule has 2 heterocycles. The van der Waals surface area contributed by atoms with Gasteiger partial charge < -0.3 is 14.5 Å². The number of amides is 1. The lowest BCUT2D eigenvalue weighted by Crippen LogP contribution is -2.17. The highest BCUT2D eigenvalue weighted by Crippen LogP contribution is 2.29. The summed E-state index contributed by atoms with van der Waals surface area (Å²) in [7, 11) is 0. The molecule has 32 heavy (non-hydrogen) atoms. The number of fused-ring (bicyclic) bond motifs is 1. The van der Waals surface area contributed by atoms with Crippen molar-refractivity contribution >= 4 is 17.2 Å². The predicted molar refractivity (Wildman–Crippen MR) is 129 cm³/mol. The van der Waals surface area contributed by atoms with Crippen LogP contribution in [0.1, 0.15) is 35.7 Å². The van der Waals surface area contributed by atoms with Crippen molar-refractivity contribution in [3.8, 4) is 17.0 Å². The minimum Gasteiger partial charge on any atom is -0.491 e. The highest BCUT2D eigenvalue weighted by Gasteiger charge is 2.19. The van der Waals surface area contributed by atoms with Crippen LogP contribution in [0, 0.1) is 20.8 Å². The average molecular weight is 428 g/mol. The number of imidazole rings is 1. The van der Waals surface area contributed by atoms with Gasteiger partial charge in [-0.3, -0.25) is 4.79 Å². The van der Waals surface area contributed by atoms with Gasteiger partial charge >= 0.3 is 0 Å². The number of aromatic nitrogens is 2. The molecule has 2 aromatic carbocycles. The Morgan fingerprint density at radius 2 is 1.81 bits per heavy atom. The van der Waals surface area contributed by atoms with Crippen molar-refractivity contribution in [3.05, 3.63) is 83.2 Å². The Morgan fingerprint density at radius 3 is 2.59 bits per heavy atom. The van der Waals surface area contributed by atoms with Crippen molar-refractivity contribution in [1.82, 2.24) is 9.38 Å². The molecule has 0 bridgehead atoms. The number of nitrogens with one attached hydrogen (secondary N) is 1. The highest BCUT2D eigenvalue weighted by atomic mass is 16.5. The molecule has 0 spiro atoms. The first kappa shape index (κ1) is 21.6. The minimum absolute atomic E-state index is 0.106. The van der Waals surface area contributed by atoms with E-state index in [1.807, 2.05) is 53.9 Å². The van der Waals surface area contributed by atoms with Crippen LogP contribution < -0.4 is 10.1 Å². The van der Waals surface area contributed by atoms with Gasteiger partial charge in [0.25, 0.3) is 0 Å². The number of nitrogens with zero attached hydrogens (tertiary/aromatic N) is 2. The smallest absolute Gasteiger partial charge is 0.230 e. The van der Waals surface area contributed by atoms with Gasteiger partial charge in [-0.05, 0) is 68.1 Å². The van der Waals surface area contributed by atoms with Crippen LogP contribution in [0.5, 0.6) is 5.75 Å². The lowest BCUT2D eigenvalue weighted by atomic mass is 10.0. The van der Waals surface area contributed by atoms with E-state index in [1.165, 1.54) is 11.1 Å². The highest BCUT2D eigenvalue weighted by molar-refractivity contribution is 5.94. The molecule has 4 aromatic rings. The zero-order valence-corrected chi connectivity index (χ0v) is 19.1. The maximum Gasteiger partial charge on any atom is 0.230 e. The van der Waals surface area contributed by atoms with Gasteiger partial charge in [-0.15, -0.1) is 0 Å². The number of para-hydroxylation sites is 2. The molecule has 0 aliphatic carbocycles. The maximum atomic E-state index is 13.1. The molecular formula is C27H29N3O2. The lowest BCUT2D eigenvalue weighted by Gasteiger charge is -2.12. The Bertz CT molecular complexity index is 1270.